The molecule has 0 bridgehead atoms. The molecular formula is C23H21F3N4O2S. The maximum absolute atomic E-state index is 13.7. The molecule has 1 heterocycles. The normalized spacial score (nSPS) is 12.8. The largest absolute Gasteiger partial charge is 0.346 e. The number of aryl methyl sites for hydroxylation is 1. The second-order valence-corrected chi connectivity index (χ2v) is 8.44. The van der Waals surface area contributed by atoms with Crippen molar-refractivity contribution in [1.29, 1.82) is 0 Å². The Labute approximate surface area is 192 Å². The van der Waals surface area contributed by atoms with Gasteiger partial charge in [-0.15, -0.1) is 0 Å². The van der Waals surface area contributed by atoms with Crippen LogP contribution >= 0.6 is 11.8 Å². The Balaban J connectivity index is 1.36. The molecule has 0 aliphatic heterocycles. The van der Waals surface area contributed by atoms with Gasteiger partial charge in [-0.1, -0.05) is 30.0 Å². The first-order valence-electron chi connectivity index (χ1n) is 10.4. The Bertz CT molecular complexity index is 1180. The number of para-hydroxylation sites is 1. The number of aromatic nitrogens is 2. The van der Waals surface area contributed by atoms with Gasteiger partial charge in [-0.3, -0.25) is 14.2 Å². The third kappa shape index (κ3) is 5.22. The molecule has 6 nitrogen and oxygen atoms in total. The van der Waals surface area contributed by atoms with Gasteiger partial charge < -0.3 is 10.6 Å². The fourth-order valence-corrected chi connectivity index (χ4v) is 4.51. The number of fused-ring (bicyclic) bond motifs is 1. The Morgan fingerprint density at radius 2 is 1.73 bits per heavy atom. The van der Waals surface area contributed by atoms with Crippen molar-refractivity contribution in [2.75, 3.05) is 17.6 Å². The number of carbonyl (C=O) groups is 2. The molecule has 0 saturated heterocycles. The summed E-state index contributed by atoms with van der Waals surface area (Å²) in [5, 5.41) is 5.26. The molecule has 3 aromatic rings. The number of anilines is 1. The molecule has 0 unspecified atom stereocenters. The van der Waals surface area contributed by atoms with Crippen molar-refractivity contribution >= 4 is 29.3 Å². The Morgan fingerprint density at radius 1 is 0.970 bits per heavy atom. The Morgan fingerprint density at radius 3 is 2.52 bits per heavy atom. The number of carbonyl (C=O) groups excluding carboxylic acids is 2. The van der Waals surface area contributed by atoms with Gasteiger partial charge in [-0.25, -0.2) is 18.2 Å². The van der Waals surface area contributed by atoms with Gasteiger partial charge in [0.05, 0.1) is 23.7 Å². The number of halogens is 3. The lowest BCUT2D eigenvalue weighted by Gasteiger charge is -2.15. The third-order valence-corrected chi connectivity index (χ3v) is 6.14. The number of thioether (sulfide) groups is 1. The Kier molecular flexibility index (Phi) is 7.02. The fourth-order valence-electron chi connectivity index (χ4n) is 3.63. The lowest BCUT2D eigenvalue weighted by molar-refractivity contribution is -0.122. The molecule has 2 aromatic carbocycles. The molecule has 2 amide bonds. The van der Waals surface area contributed by atoms with E-state index < -0.39 is 41.5 Å². The number of rotatable bonds is 7. The molecule has 10 heteroatoms. The highest BCUT2D eigenvalue weighted by Crippen LogP contribution is 2.30. The standard InChI is InChI=1S/C23H21F3N4O2S/c24-15-10-11-17(22(26)21(15)25)28-19(31)12-27-20(32)13-33-23-29-16-8-4-5-9-18(16)30(23)14-6-2-1-3-7-14/h1-3,6-7,10-11H,4-5,8-9,12-13H2,(H,27,32)(H,28,31). The van der Waals surface area contributed by atoms with Gasteiger partial charge in [-0.05, 0) is 49.9 Å². The predicted octanol–water partition coefficient (Wildman–Crippen LogP) is 4.02. The molecule has 0 fully saturated rings. The summed E-state index contributed by atoms with van der Waals surface area (Å²) in [7, 11) is 0. The SMILES string of the molecule is O=C(CSc1nc2c(n1-c1ccccc1)CCCC2)NCC(=O)Nc1ccc(F)c(F)c1F. The highest BCUT2D eigenvalue weighted by Gasteiger charge is 2.22. The quantitative estimate of drug-likeness (QED) is 0.401. The molecule has 0 saturated carbocycles. The average Bonchev–Trinajstić information content (AvgIpc) is 3.21. The van der Waals surface area contributed by atoms with Crippen molar-refractivity contribution in [3.05, 3.63) is 71.3 Å². The summed E-state index contributed by atoms with van der Waals surface area (Å²) in [6.45, 7) is -0.443. The minimum Gasteiger partial charge on any atom is -0.346 e. The van der Waals surface area contributed by atoms with Crippen LogP contribution in [0.25, 0.3) is 5.69 Å². The maximum atomic E-state index is 13.7. The van der Waals surface area contributed by atoms with Crippen LogP contribution in [-0.4, -0.2) is 33.7 Å². The van der Waals surface area contributed by atoms with Crippen molar-refractivity contribution in [1.82, 2.24) is 14.9 Å². The van der Waals surface area contributed by atoms with Gasteiger partial charge in [0.15, 0.2) is 22.6 Å². The second kappa shape index (κ2) is 10.1. The zero-order chi connectivity index (χ0) is 23.4. The van der Waals surface area contributed by atoms with Crippen LogP contribution in [0.4, 0.5) is 18.9 Å². The van der Waals surface area contributed by atoms with Crippen LogP contribution in [0.5, 0.6) is 0 Å². The summed E-state index contributed by atoms with van der Waals surface area (Å²) in [6.07, 6.45) is 3.99. The first-order valence-corrected chi connectivity index (χ1v) is 11.4. The monoisotopic (exact) mass is 474 g/mol. The minimum absolute atomic E-state index is 0.0234. The minimum atomic E-state index is -1.68. The molecule has 1 aliphatic rings. The number of amides is 2. The summed E-state index contributed by atoms with van der Waals surface area (Å²) in [5.74, 6) is -5.69. The molecule has 0 spiro atoms. The van der Waals surface area contributed by atoms with E-state index in [2.05, 4.69) is 15.2 Å². The highest BCUT2D eigenvalue weighted by atomic mass is 32.2. The van der Waals surface area contributed by atoms with Gasteiger partial charge >= 0.3 is 0 Å². The molecule has 2 N–H and O–H groups in total. The number of benzene rings is 2. The number of hydrogen-bond acceptors (Lipinski definition) is 4. The summed E-state index contributed by atoms with van der Waals surface area (Å²) < 4.78 is 42.0. The van der Waals surface area contributed by atoms with Gasteiger partial charge in [-0.2, -0.15) is 0 Å². The third-order valence-electron chi connectivity index (χ3n) is 5.20. The van der Waals surface area contributed by atoms with E-state index in [0.29, 0.717) is 11.2 Å². The molecule has 4 rings (SSSR count). The molecule has 0 radical (unpaired) electrons. The smallest absolute Gasteiger partial charge is 0.243 e. The number of hydrogen-bond donors (Lipinski definition) is 2. The van der Waals surface area contributed by atoms with Gasteiger partial charge in [0.1, 0.15) is 0 Å². The lowest BCUT2D eigenvalue weighted by atomic mass is 10.0. The van der Waals surface area contributed by atoms with E-state index in [9.17, 15) is 22.8 Å². The van der Waals surface area contributed by atoms with E-state index in [1.54, 1.807) is 0 Å². The van der Waals surface area contributed by atoms with E-state index in [4.69, 9.17) is 4.98 Å². The molecular weight excluding hydrogens is 453 g/mol. The average molecular weight is 475 g/mol. The highest BCUT2D eigenvalue weighted by molar-refractivity contribution is 7.99. The molecule has 1 aliphatic carbocycles. The summed E-state index contributed by atoms with van der Waals surface area (Å²) in [5.41, 5.74) is 2.67. The van der Waals surface area contributed by atoms with Crippen molar-refractivity contribution in [2.24, 2.45) is 0 Å². The number of nitrogens with one attached hydrogen (secondary N) is 2. The number of nitrogens with zero attached hydrogens (tertiary/aromatic N) is 2. The summed E-state index contributed by atoms with van der Waals surface area (Å²) >= 11 is 1.26. The fraction of sp³-hybridized carbons (Fsp3) is 0.261. The summed E-state index contributed by atoms with van der Waals surface area (Å²) in [6, 6.07) is 11.4. The zero-order valence-electron chi connectivity index (χ0n) is 17.5. The van der Waals surface area contributed by atoms with Crippen LogP contribution in [0.1, 0.15) is 24.2 Å². The van der Waals surface area contributed by atoms with Crippen LogP contribution in [-0.2, 0) is 22.4 Å². The van der Waals surface area contributed by atoms with Gasteiger partial charge in [0.25, 0.3) is 0 Å². The van der Waals surface area contributed by atoms with Crippen LogP contribution in [0, 0.1) is 17.5 Å². The van der Waals surface area contributed by atoms with E-state index in [-0.39, 0.29) is 5.75 Å². The number of imidazole rings is 1. The predicted molar refractivity (Wildman–Crippen MR) is 119 cm³/mol. The van der Waals surface area contributed by atoms with Gasteiger partial charge in [0, 0.05) is 11.4 Å². The zero-order valence-corrected chi connectivity index (χ0v) is 18.4. The first-order chi connectivity index (χ1) is 15.9. The molecule has 33 heavy (non-hydrogen) atoms. The molecule has 172 valence electrons. The van der Waals surface area contributed by atoms with E-state index in [1.807, 2.05) is 30.3 Å². The van der Waals surface area contributed by atoms with Crippen molar-refractivity contribution in [3.63, 3.8) is 0 Å². The van der Waals surface area contributed by atoms with Crippen LogP contribution < -0.4 is 10.6 Å². The molecule has 1 aromatic heterocycles. The first kappa shape index (κ1) is 22.9. The van der Waals surface area contributed by atoms with Gasteiger partial charge in [0.2, 0.25) is 11.8 Å². The van der Waals surface area contributed by atoms with Crippen LogP contribution in [0.2, 0.25) is 0 Å². The van der Waals surface area contributed by atoms with E-state index in [0.717, 1.165) is 48.8 Å². The molecule has 0 atom stereocenters. The maximum Gasteiger partial charge on any atom is 0.243 e. The lowest BCUT2D eigenvalue weighted by Crippen LogP contribution is -2.34. The van der Waals surface area contributed by atoms with Crippen molar-refractivity contribution in [3.8, 4) is 5.69 Å². The van der Waals surface area contributed by atoms with E-state index >= 15 is 0 Å². The van der Waals surface area contributed by atoms with Crippen LogP contribution in [0.3, 0.4) is 0 Å². The topological polar surface area (TPSA) is 76.0 Å². The van der Waals surface area contributed by atoms with Crippen molar-refractivity contribution < 1.29 is 22.8 Å². The van der Waals surface area contributed by atoms with E-state index in [1.165, 1.54) is 11.8 Å². The van der Waals surface area contributed by atoms with Crippen molar-refractivity contribution in [2.45, 2.75) is 30.8 Å². The van der Waals surface area contributed by atoms with Crippen LogP contribution in [0.15, 0.2) is 47.6 Å². The summed E-state index contributed by atoms with van der Waals surface area (Å²) in [4.78, 5) is 29.0. The second-order valence-electron chi connectivity index (χ2n) is 7.50. The Hall–Kier alpha value is -3.27.